The fraction of sp³-hybridized carbons (Fsp3) is 0.474. The normalized spacial score (nSPS) is 21.0. The molecule has 3 heteroatoms. The summed E-state index contributed by atoms with van der Waals surface area (Å²) in [5, 5.41) is 2.51. The summed E-state index contributed by atoms with van der Waals surface area (Å²) in [6.07, 6.45) is 2.53. The van der Waals surface area contributed by atoms with Crippen LogP contribution in [-0.2, 0) is 6.54 Å². The number of ether oxygens (including phenoxy) is 1. The van der Waals surface area contributed by atoms with Crippen molar-refractivity contribution in [1.29, 1.82) is 0 Å². The van der Waals surface area contributed by atoms with Gasteiger partial charge in [0, 0.05) is 19.1 Å². The highest BCUT2D eigenvalue weighted by Gasteiger charge is 2.22. The first-order valence-electron chi connectivity index (χ1n) is 8.20. The second-order valence-electron chi connectivity index (χ2n) is 6.54. The fourth-order valence-electron chi connectivity index (χ4n) is 3.42. The smallest absolute Gasteiger partial charge is 0.119 e. The minimum Gasteiger partial charge on any atom is -0.497 e. The number of benzene rings is 2. The number of hydrogen-bond acceptors (Lipinski definition) is 3. The average molecular weight is 298 g/mol. The molecular weight excluding hydrogens is 272 g/mol. The lowest BCUT2D eigenvalue weighted by atomic mass is 9.92. The molecule has 0 saturated carbocycles. The highest BCUT2D eigenvalue weighted by atomic mass is 16.5. The van der Waals surface area contributed by atoms with E-state index in [1.54, 1.807) is 7.11 Å². The number of likely N-dealkylation sites (tertiary alicyclic amines) is 1. The summed E-state index contributed by atoms with van der Waals surface area (Å²) in [6.45, 7) is 5.46. The molecule has 2 N–H and O–H groups in total. The van der Waals surface area contributed by atoms with Crippen LogP contribution in [0.15, 0.2) is 36.4 Å². The Kier molecular flexibility index (Phi) is 4.65. The molecule has 118 valence electrons. The molecule has 3 rings (SSSR count). The number of nitrogens with zero attached hydrogens (tertiary/aromatic N) is 1. The van der Waals surface area contributed by atoms with Crippen LogP contribution < -0.4 is 10.5 Å². The van der Waals surface area contributed by atoms with Crippen LogP contribution in [0.1, 0.15) is 25.3 Å². The largest absolute Gasteiger partial charge is 0.497 e. The molecule has 1 fully saturated rings. The Labute approximate surface area is 133 Å². The van der Waals surface area contributed by atoms with Crippen LogP contribution in [0.4, 0.5) is 0 Å². The predicted molar refractivity (Wildman–Crippen MR) is 92.2 cm³/mol. The molecule has 0 spiro atoms. The molecule has 2 atom stereocenters. The molecule has 0 amide bonds. The van der Waals surface area contributed by atoms with Crippen LogP contribution in [0.5, 0.6) is 5.75 Å². The maximum Gasteiger partial charge on any atom is 0.119 e. The van der Waals surface area contributed by atoms with E-state index in [1.807, 2.05) is 6.07 Å². The molecule has 2 aromatic rings. The van der Waals surface area contributed by atoms with Gasteiger partial charge in [-0.3, -0.25) is 4.90 Å². The van der Waals surface area contributed by atoms with E-state index in [2.05, 4.69) is 42.2 Å². The number of fused-ring (bicyclic) bond motifs is 1. The van der Waals surface area contributed by atoms with Crippen LogP contribution in [0.2, 0.25) is 0 Å². The van der Waals surface area contributed by atoms with Gasteiger partial charge in [-0.25, -0.2) is 0 Å². The zero-order valence-corrected chi connectivity index (χ0v) is 13.6. The van der Waals surface area contributed by atoms with E-state index >= 15 is 0 Å². The van der Waals surface area contributed by atoms with E-state index < -0.39 is 0 Å². The van der Waals surface area contributed by atoms with Gasteiger partial charge in [0.2, 0.25) is 0 Å². The summed E-state index contributed by atoms with van der Waals surface area (Å²) in [5.41, 5.74) is 7.46. The fourth-order valence-corrected chi connectivity index (χ4v) is 3.42. The molecule has 0 aliphatic carbocycles. The summed E-state index contributed by atoms with van der Waals surface area (Å²) in [6, 6.07) is 13.3. The first kappa shape index (κ1) is 15.3. The zero-order chi connectivity index (χ0) is 15.5. The number of methoxy groups -OCH3 is 1. The van der Waals surface area contributed by atoms with Crippen molar-refractivity contribution in [2.24, 2.45) is 11.7 Å². The van der Waals surface area contributed by atoms with Crippen LogP contribution in [0, 0.1) is 5.92 Å². The van der Waals surface area contributed by atoms with E-state index in [-0.39, 0.29) is 0 Å². The topological polar surface area (TPSA) is 38.5 Å². The molecular formula is C19H26N2O. The summed E-state index contributed by atoms with van der Waals surface area (Å²) < 4.78 is 5.29. The van der Waals surface area contributed by atoms with Gasteiger partial charge >= 0.3 is 0 Å². The van der Waals surface area contributed by atoms with E-state index in [0.29, 0.717) is 12.0 Å². The Bertz CT molecular complexity index is 638. The SMILES string of the molecule is COc1ccc2cc(CN3CCCC(C(C)N)C3)ccc2c1. The molecule has 1 aliphatic heterocycles. The quantitative estimate of drug-likeness (QED) is 0.940. The minimum absolute atomic E-state index is 0.298. The maximum atomic E-state index is 6.09. The third kappa shape index (κ3) is 3.42. The van der Waals surface area contributed by atoms with Gasteiger partial charge in [0.05, 0.1) is 7.11 Å². The lowest BCUT2D eigenvalue weighted by molar-refractivity contribution is 0.154. The van der Waals surface area contributed by atoms with Gasteiger partial charge in [-0.05, 0) is 66.8 Å². The molecule has 2 unspecified atom stereocenters. The van der Waals surface area contributed by atoms with Crippen molar-refractivity contribution in [2.45, 2.75) is 32.4 Å². The van der Waals surface area contributed by atoms with Crippen molar-refractivity contribution in [3.05, 3.63) is 42.0 Å². The number of piperidine rings is 1. The van der Waals surface area contributed by atoms with Gasteiger partial charge in [-0.1, -0.05) is 18.2 Å². The zero-order valence-electron chi connectivity index (χ0n) is 13.6. The molecule has 0 bridgehead atoms. The maximum absolute atomic E-state index is 6.09. The molecule has 3 nitrogen and oxygen atoms in total. The predicted octanol–water partition coefficient (Wildman–Crippen LogP) is 3.41. The van der Waals surface area contributed by atoms with Crippen molar-refractivity contribution in [1.82, 2.24) is 4.90 Å². The lowest BCUT2D eigenvalue weighted by Gasteiger charge is -2.34. The van der Waals surface area contributed by atoms with Crippen molar-refractivity contribution in [2.75, 3.05) is 20.2 Å². The van der Waals surface area contributed by atoms with Gasteiger partial charge in [0.15, 0.2) is 0 Å². The summed E-state index contributed by atoms with van der Waals surface area (Å²) in [4.78, 5) is 2.54. The minimum atomic E-state index is 0.298. The summed E-state index contributed by atoms with van der Waals surface area (Å²) in [7, 11) is 1.71. The summed E-state index contributed by atoms with van der Waals surface area (Å²) >= 11 is 0. The van der Waals surface area contributed by atoms with Crippen LogP contribution in [-0.4, -0.2) is 31.1 Å². The van der Waals surface area contributed by atoms with E-state index in [1.165, 1.54) is 35.7 Å². The summed E-state index contributed by atoms with van der Waals surface area (Å²) in [5.74, 6) is 1.55. The average Bonchev–Trinajstić information content (AvgIpc) is 2.54. The Hall–Kier alpha value is -1.58. The molecule has 1 aliphatic rings. The van der Waals surface area contributed by atoms with Crippen molar-refractivity contribution in [3.8, 4) is 5.75 Å². The highest BCUT2D eigenvalue weighted by molar-refractivity contribution is 5.84. The van der Waals surface area contributed by atoms with Crippen LogP contribution in [0.25, 0.3) is 10.8 Å². The number of hydrogen-bond donors (Lipinski definition) is 1. The second kappa shape index (κ2) is 6.67. The molecule has 22 heavy (non-hydrogen) atoms. The number of nitrogens with two attached hydrogens (primary N) is 1. The molecule has 1 heterocycles. The Morgan fingerprint density at radius 1 is 1.23 bits per heavy atom. The Morgan fingerprint density at radius 3 is 2.77 bits per heavy atom. The third-order valence-electron chi connectivity index (χ3n) is 4.80. The Balaban J connectivity index is 1.73. The van der Waals surface area contributed by atoms with E-state index in [0.717, 1.165) is 18.8 Å². The standard InChI is InChI=1S/C19H26N2O/c1-14(20)18-4-3-9-21(13-18)12-15-5-6-17-11-19(22-2)8-7-16(17)10-15/h5-8,10-11,14,18H,3-4,9,12-13,20H2,1-2H3. The van der Waals surface area contributed by atoms with Gasteiger partial charge in [0.1, 0.15) is 5.75 Å². The first-order valence-corrected chi connectivity index (χ1v) is 8.20. The number of rotatable bonds is 4. The van der Waals surface area contributed by atoms with Crippen molar-refractivity contribution >= 4 is 10.8 Å². The van der Waals surface area contributed by atoms with Crippen molar-refractivity contribution in [3.63, 3.8) is 0 Å². The van der Waals surface area contributed by atoms with Crippen molar-refractivity contribution < 1.29 is 4.74 Å². The van der Waals surface area contributed by atoms with Gasteiger partial charge < -0.3 is 10.5 Å². The van der Waals surface area contributed by atoms with E-state index in [4.69, 9.17) is 10.5 Å². The monoisotopic (exact) mass is 298 g/mol. The van der Waals surface area contributed by atoms with Crippen LogP contribution in [0.3, 0.4) is 0 Å². The highest BCUT2D eigenvalue weighted by Crippen LogP contribution is 2.24. The van der Waals surface area contributed by atoms with Crippen LogP contribution >= 0.6 is 0 Å². The lowest BCUT2D eigenvalue weighted by Crippen LogP contribution is -2.41. The first-order chi connectivity index (χ1) is 10.7. The molecule has 2 aromatic carbocycles. The second-order valence-corrected chi connectivity index (χ2v) is 6.54. The Morgan fingerprint density at radius 2 is 2.00 bits per heavy atom. The van der Waals surface area contributed by atoms with Gasteiger partial charge in [-0.15, -0.1) is 0 Å². The molecule has 0 radical (unpaired) electrons. The van der Waals surface area contributed by atoms with E-state index in [9.17, 15) is 0 Å². The third-order valence-corrected chi connectivity index (χ3v) is 4.80. The van der Waals surface area contributed by atoms with Gasteiger partial charge in [-0.2, -0.15) is 0 Å². The molecule has 1 saturated heterocycles. The van der Waals surface area contributed by atoms with Gasteiger partial charge in [0.25, 0.3) is 0 Å². The molecule has 0 aromatic heterocycles.